The van der Waals surface area contributed by atoms with Crippen molar-refractivity contribution >= 4 is 29.2 Å². The summed E-state index contributed by atoms with van der Waals surface area (Å²) in [7, 11) is 0. The first-order valence-corrected chi connectivity index (χ1v) is 11.2. The van der Waals surface area contributed by atoms with Crippen molar-refractivity contribution in [2.75, 3.05) is 5.32 Å². The maximum atomic E-state index is 12.5. The third-order valence-corrected chi connectivity index (χ3v) is 5.53. The molecule has 0 unspecified atom stereocenters. The topological polar surface area (TPSA) is 109 Å². The van der Waals surface area contributed by atoms with E-state index in [-0.39, 0.29) is 5.91 Å². The quantitative estimate of drug-likeness (QED) is 0.219. The van der Waals surface area contributed by atoms with Gasteiger partial charge in [0.05, 0.1) is 17.6 Å². The first kappa shape index (κ1) is 23.8. The number of rotatable bonds is 5. The summed E-state index contributed by atoms with van der Waals surface area (Å²) in [5.41, 5.74) is 7.65. The van der Waals surface area contributed by atoms with Crippen LogP contribution in [-0.4, -0.2) is 31.6 Å². The van der Waals surface area contributed by atoms with Gasteiger partial charge in [-0.3, -0.25) is 14.8 Å². The van der Waals surface area contributed by atoms with E-state index in [1.54, 1.807) is 16.1 Å². The molecule has 2 aromatic carbocycles. The van der Waals surface area contributed by atoms with Crippen LogP contribution in [0.25, 0.3) is 34.2 Å². The van der Waals surface area contributed by atoms with E-state index >= 15 is 0 Å². The van der Waals surface area contributed by atoms with Gasteiger partial charge in [0.25, 0.3) is 5.91 Å². The smallest absolute Gasteiger partial charge is 0.267 e. The molecule has 0 aliphatic carbocycles. The Kier molecular flexibility index (Phi) is 6.48. The lowest BCUT2D eigenvalue weighted by atomic mass is 9.95. The molecule has 8 nitrogen and oxygen atoms in total. The number of nitrogens with one attached hydrogen (secondary N) is 2. The van der Waals surface area contributed by atoms with Gasteiger partial charge in [0.1, 0.15) is 0 Å². The van der Waals surface area contributed by atoms with Gasteiger partial charge in [-0.05, 0) is 42.3 Å². The van der Waals surface area contributed by atoms with Crippen molar-refractivity contribution in [1.29, 1.82) is 0 Å². The van der Waals surface area contributed by atoms with Gasteiger partial charge in [-0.25, -0.2) is 15.0 Å². The minimum absolute atomic E-state index is 0.0442. The normalized spacial score (nSPS) is 11.7. The van der Waals surface area contributed by atoms with Crippen LogP contribution in [0.5, 0.6) is 0 Å². The van der Waals surface area contributed by atoms with Crippen molar-refractivity contribution in [3.8, 4) is 22.5 Å². The fraction of sp³-hybridized carbons (Fsp3) is 0.185. The molecule has 0 aliphatic rings. The minimum Gasteiger partial charge on any atom is -0.325 e. The number of anilines is 1. The van der Waals surface area contributed by atoms with E-state index in [2.05, 4.69) is 5.32 Å². The Hall–Kier alpha value is -4.30. The summed E-state index contributed by atoms with van der Waals surface area (Å²) < 4.78 is 1.73. The van der Waals surface area contributed by atoms with Gasteiger partial charge in [-0.1, -0.05) is 57.2 Å². The van der Waals surface area contributed by atoms with E-state index in [0.29, 0.717) is 5.65 Å². The van der Waals surface area contributed by atoms with E-state index in [9.17, 15) is 9.59 Å². The van der Waals surface area contributed by atoms with Gasteiger partial charge in [-0.15, -0.1) is 0 Å². The third-order valence-electron chi connectivity index (χ3n) is 5.53. The predicted molar refractivity (Wildman–Crippen MR) is 136 cm³/mol. The molecule has 0 radical (unpaired) electrons. The monoisotopic (exact) mass is 469 g/mol. The molecule has 0 atom stereocenters. The second-order valence-corrected chi connectivity index (χ2v) is 9.31. The highest BCUT2D eigenvalue weighted by atomic mass is 16.5. The maximum Gasteiger partial charge on any atom is 0.267 e. The molecule has 178 valence electrons. The second-order valence-electron chi connectivity index (χ2n) is 9.31. The summed E-state index contributed by atoms with van der Waals surface area (Å²) in [6.45, 7) is 7.61. The largest absolute Gasteiger partial charge is 0.325 e. The molecule has 0 saturated heterocycles. The number of imidazole rings is 1. The van der Waals surface area contributed by atoms with Crippen LogP contribution in [0.15, 0.2) is 66.9 Å². The molecule has 0 aliphatic heterocycles. The summed E-state index contributed by atoms with van der Waals surface area (Å²) in [6.07, 6.45) is 4.72. The van der Waals surface area contributed by atoms with E-state index in [1.165, 1.54) is 6.08 Å². The summed E-state index contributed by atoms with van der Waals surface area (Å²) in [5.74, 6) is -0.633. The number of carbonyl (C=O) groups is 2. The number of aryl methyl sites for hydroxylation is 1. The minimum atomic E-state index is -0.589. The predicted octanol–water partition coefficient (Wildman–Crippen LogP) is 4.87. The molecule has 2 amide bonds. The molecule has 0 saturated carbocycles. The molecule has 3 N–H and O–H groups in total. The van der Waals surface area contributed by atoms with Gasteiger partial charge in [0, 0.05) is 28.3 Å². The Morgan fingerprint density at radius 2 is 1.69 bits per heavy atom. The zero-order valence-electron chi connectivity index (χ0n) is 20.0. The van der Waals surface area contributed by atoms with Crippen molar-refractivity contribution < 1.29 is 14.8 Å². The fourth-order valence-electron chi connectivity index (χ4n) is 3.38. The molecule has 0 bridgehead atoms. The molecule has 2 heterocycles. The van der Waals surface area contributed by atoms with Crippen molar-refractivity contribution in [3.63, 3.8) is 0 Å². The van der Waals surface area contributed by atoms with Crippen LogP contribution >= 0.6 is 0 Å². The summed E-state index contributed by atoms with van der Waals surface area (Å²) >= 11 is 0. The van der Waals surface area contributed by atoms with Gasteiger partial charge in [0.2, 0.25) is 5.91 Å². The lowest BCUT2D eigenvalue weighted by Gasteiger charge is -2.19. The number of nitrogens with zero attached hydrogens (tertiary/aromatic N) is 3. The number of benzene rings is 2. The summed E-state index contributed by atoms with van der Waals surface area (Å²) in [6, 6.07) is 17.2. The first-order chi connectivity index (χ1) is 16.6. The average molecular weight is 470 g/mol. The maximum absolute atomic E-state index is 12.5. The molecular weight excluding hydrogens is 442 g/mol. The number of fused-ring (bicyclic) bond motifs is 1. The highest BCUT2D eigenvalue weighted by Gasteiger charge is 2.22. The number of carbonyl (C=O) groups excluding carboxylic acids is 2. The zero-order chi connectivity index (χ0) is 25.2. The molecule has 4 aromatic rings. The summed E-state index contributed by atoms with van der Waals surface area (Å²) in [4.78, 5) is 28.3. The number of hydrogen-bond donors (Lipinski definition) is 3. The van der Waals surface area contributed by atoms with Crippen LogP contribution in [0, 0.1) is 12.3 Å². The Balaban J connectivity index is 1.60. The van der Waals surface area contributed by atoms with Crippen molar-refractivity contribution in [3.05, 3.63) is 78.0 Å². The van der Waals surface area contributed by atoms with Crippen molar-refractivity contribution in [1.82, 2.24) is 20.1 Å². The Bertz CT molecular complexity index is 1430. The highest BCUT2D eigenvalue weighted by molar-refractivity contribution is 5.95. The molecule has 4 rings (SSSR count). The Morgan fingerprint density at radius 1 is 0.971 bits per heavy atom. The lowest BCUT2D eigenvalue weighted by Crippen LogP contribution is -2.27. The van der Waals surface area contributed by atoms with E-state index in [4.69, 9.17) is 15.3 Å². The number of amides is 2. The molecule has 0 fully saturated rings. The van der Waals surface area contributed by atoms with Crippen LogP contribution < -0.4 is 10.8 Å². The molecule has 0 spiro atoms. The standard InChI is InChI=1S/C27H27N5O3/c1-17-5-9-20(15-22(17)29-26(34)27(2,3)4)23-16-32-24(28-23)13-12-21(30-32)19-10-6-18(7-11-19)8-14-25(33)31-35/h5-16,35H,1-4H3,(H,29,34)(H,31,33). The molecule has 8 heteroatoms. The van der Waals surface area contributed by atoms with Crippen LogP contribution in [0.4, 0.5) is 5.69 Å². The average Bonchev–Trinajstić information content (AvgIpc) is 3.27. The van der Waals surface area contributed by atoms with Crippen LogP contribution in [0.3, 0.4) is 0 Å². The third kappa shape index (κ3) is 5.44. The van der Waals surface area contributed by atoms with Gasteiger partial charge >= 0.3 is 0 Å². The molecular formula is C27H27N5O3. The van der Waals surface area contributed by atoms with Crippen molar-refractivity contribution in [2.45, 2.75) is 27.7 Å². The van der Waals surface area contributed by atoms with Crippen LogP contribution in [-0.2, 0) is 9.59 Å². The van der Waals surface area contributed by atoms with Gasteiger partial charge < -0.3 is 5.32 Å². The number of hydrogen-bond acceptors (Lipinski definition) is 5. The molecule has 2 aromatic heterocycles. The lowest BCUT2D eigenvalue weighted by molar-refractivity contribution is -0.124. The van der Waals surface area contributed by atoms with Gasteiger partial charge in [-0.2, -0.15) is 5.10 Å². The molecule has 35 heavy (non-hydrogen) atoms. The Labute approximate surface area is 203 Å². The van der Waals surface area contributed by atoms with Crippen molar-refractivity contribution in [2.24, 2.45) is 5.41 Å². The van der Waals surface area contributed by atoms with Crippen LogP contribution in [0.2, 0.25) is 0 Å². The second kappa shape index (κ2) is 9.52. The number of hydroxylamine groups is 1. The van der Waals surface area contributed by atoms with Gasteiger partial charge in [0.15, 0.2) is 5.65 Å². The SMILES string of the molecule is Cc1ccc(-c2cn3nc(-c4ccc(C=CC(=O)NO)cc4)ccc3n2)cc1NC(=O)C(C)(C)C. The number of aromatic nitrogens is 3. The van der Waals surface area contributed by atoms with Crippen LogP contribution in [0.1, 0.15) is 31.9 Å². The van der Waals surface area contributed by atoms with E-state index < -0.39 is 11.3 Å². The highest BCUT2D eigenvalue weighted by Crippen LogP contribution is 2.27. The fourth-order valence-corrected chi connectivity index (χ4v) is 3.38. The van der Waals surface area contributed by atoms with E-state index in [1.807, 2.05) is 88.5 Å². The zero-order valence-corrected chi connectivity index (χ0v) is 20.0. The first-order valence-electron chi connectivity index (χ1n) is 11.2. The Morgan fingerprint density at radius 3 is 2.37 bits per heavy atom. The van der Waals surface area contributed by atoms with E-state index in [0.717, 1.165) is 39.3 Å². The summed E-state index contributed by atoms with van der Waals surface area (Å²) in [5, 5.41) is 16.3.